The maximum Gasteiger partial charge on any atom is 0.338 e. The number of nitrogens with zero attached hydrogens (tertiary/aromatic N) is 1. The number of hydrogen-bond acceptors (Lipinski definition) is 4. The zero-order chi connectivity index (χ0) is 13.0. The molecule has 92 valence electrons. The molecule has 0 bridgehead atoms. The first-order valence-electron chi connectivity index (χ1n) is 5.29. The highest BCUT2D eigenvalue weighted by atomic mass is 19.1. The molecule has 4 nitrogen and oxygen atoms in total. The largest absolute Gasteiger partial charge is 0.456 e. The molecule has 1 heterocycles. The van der Waals surface area contributed by atoms with Gasteiger partial charge in [0.2, 0.25) is 0 Å². The van der Waals surface area contributed by atoms with Gasteiger partial charge in [0.1, 0.15) is 12.4 Å². The van der Waals surface area contributed by atoms with Crippen LogP contribution in [0, 0.1) is 5.82 Å². The standard InChI is InChI=1S/C13H11FN2O2/c14-11-5-4-9(7-12(11)15)13(17)18-8-10-3-1-2-6-16-10/h1-7H,8,15H2. The van der Waals surface area contributed by atoms with Crippen LogP contribution < -0.4 is 5.73 Å². The summed E-state index contributed by atoms with van der Waals surface area (Å²) < 4.78 is 18.0. The van der Waals surface area contributed by atoms with Gasteiger partial charge in [-0.2, -0.15) is 0 Å². The lowest BCUT2D eigenvalue weighted by Crippen LogP contribution is -2.07. The fraction of sp³-hybridized carbons (Fsp3) is 0.0769. The molecule has 0 aliphatic carbocycles. The maximum atomic E-state index is 12.9. The maximum absolute atomic E-state index is 12.9. The average Bonchev–Trinajstić information content (AvgIpc) is 2.40. The Labute approximate surface area is 103 Å². The van der Waals surface area contributed by atoms with E-state index < -0.39 is 11.8 Å². The van der Waals surface area contributed by atoms with Gasteiger partial charge in [0, 0.05) is 6.20 Å². The molecule has 1 aromatic heterocycles. The first-order chi connectivity index (χ1) is 8.66. The Morgan fingerprint density at radius 2 is 2.17 bits per heavy atom. The first kappa shape index (κ1) is 12.0. The summed E-state index contributed by atoms with van der Waals surface area (Å²) in [7, 11) is 0. The number of hydrogen-bond donors (Lipinski definition) is 1. The van der Waals surface area contributed by atoms with E-state index in [1.807, 2.05) is 0 Å². The van der Waals surface area contributed by atoms with E-state index in [4.69, 9.17) is 10.5 Å². The van der Waals surface area contributed by atoms with Crippen LogP contribution in [0.15, 0.2) is 42.6 Å². The monoisotopic (exact) mass is 246 g/mol. The molecule has 2 aromatic rings. The Hall–Kier alpha value is -2.43. The summed E-state index contributed by atoms with van der Waals surface area (Å²) in [6.07, 6.45) is 1.61. The van der Waals surface area contributed by atoms with Gasteiger partial charge in [-0.25, -0.2) is 9.18 Å². The second-order valence-corrected chi connectivity index (χ2v) is 3.63. The van der Waals surface area contributed by atoms with Crippen LogP contribution in [-0.4, -0.2) is 11.0 Å². The first-order valence-corrected chi connectivity index (χ1v) is 5.29. The molecule has 0 aliphatic heterocycles. The van der Waals surface area contributed by atoms with E-state index in [1.54, 1.807) is 24.4 Å². The number of carbonyl (C=O) groups excluding carboxylic acids is 1. The van der Waals surface area contributed by atoms with Crippen molar-refractivity contribution in [1.29, 1.82) is 0 Å². The van der Waals surface area contributed by atoms with Gasteiger partial charge in [-0.1, -0.05) is 6.07 Å². The van der Waals surface area contributed by atoms with Gasteiger partial charge in [0.05, 0.1) is 16.9 Å². The number of nitrogen functional groups attached to an aromatic ring is 1. The number of esters is 1. The fourth-order valence-electron chi connectivity index (χ4n) is 1.38. The summed E-state index contributed by atoms with van der Waals surface area (Å²) in [6, 6.07) is 9.01. The van der Waals surface area contributed by atoms with E-state index >= 15 is 0 Å². The van der Waals surface area contributed by atoms with Gasteiger partial charge in [0.25, 0.3) is 0 Å². The Bertz CT molecular complexity index is 558. The summed E-state index contributed by atoms with van der Waals surface area (Å²) in [5.74, 6) is -1.12. The molecular weight excluding hydrogens is 235 g/mol. The number of benzene rings is 1. The lowest BCUT2D eigenvalue weighted by Gasteiger charge is -2.05. The molecule has 2 rings (SSSR count). The Morgan fingerprint density at radius 1 is 1.33 bits per heavy atom. The highest BCUT2D eigenvalue weighted by Crippen LogP contribution is 2.13. The van der Waals surface area contributed by atoms with Crippen molar-refractivity contribution >= 4 is 11.7 Å². The molecule has 0 fully saturated rings. The highest BCUT2D eigenvalue weighted by molar-refractivity contribution is 5.90. The van der Waals surface area contributed by atoms with E-state index in [0.717, 1.165) is 6.07 Å². The second kappa shape index (κ2) is 5.27. The van der Waals surface area contributed by atoms with Crippen LogP contribution in [0.2, 0.25) is 0 Å². The van der Waals surface area contributed by atoms with Crippen molar-refractivity contribution in [2.45, 2.75) is 6.61 Å². The van der Waals surface area contributed by atoms with Crippen LogP contribution in [0.4, 0.5) is 10.1 Å². The summed E-state index contributed by atoms with van der Waals surface area (Å²) in [6.45, 7) is 0.0664. The molecule has 0 radical (unpaired) electrons. The lowest BCUT2D eigenvalue weighted by atomic mass is 10.2. The zero-order valence-corrected chi connectivity index (χ0v) is 9.47. The van der Waals surface area contributed by atoms with Crippen LogP contribution in [-0.2, 0) is 11.3 Å². The molecule has 0 amide bonds. The Balaban J connectivity index is 2.02. The predicted octanol–water partition coefficient (Wildman–Crippen LogP) is 2.16. The normalized spacial score (nSPS) is 10.1. The fourth-order valence-corrected chi connectivity index (χ4v) is 1.38. The van der Waals surface area contributed by atoms with Crippen molar-refractivity contribution in [3.05, 3.63) is 59.7 Å². The molecule has 2 N–H and O–H groups in total. The van der Waals surface area contributed by atoms with Crippen molar-refractivity contribution in [3.8, 4) is 0 Å². The van der Waals surface area contributed by atoms with Crippen LogP contribution in [0.25, 0.3) is 0 Å². The minimum atomic E-state index is -0.563. The van der Waals surface area contributed by atoms with Crippen molar-refractivity contribution in [2.75, 3.05) is 5.73 Å². The van der Waals surface area contributed by atoms with Gasteiger partial charge in [0.15, 0.2) is 0 Å². The minimum Gasteiger partial charge on any atom is -0.456 e. The average molecular weight is 246 g/mol. The summed E-state index contributed by atoms with van der Waals surface area (Å²) in [5.41, 5.74) is 6.14. The number of nitrogens with two attached hydrogens (primary N) is 1. The van der Waals surface area contributed by atoms with E-state index in [2.05, 4.69) is 4.98 Å². The predicted molar refractivity (Wildman–Crippen MR) is 64.2 cm³/mol. The molecule has 0 saturated heterocycles. The highest BCUT2D eigenvalue weighted by Gasteiger charge is 2.09. The summed E-state index contributed by atoms with van der Waals surface area (Å²) in [5, 5.41) is 0. The molecule has 5 heteroatoms. The van der Waals surface area contributed by atoms with E-state index in [9.17, 15) is 9.18 Å². The molecule has 0 spiro atoms. The zero-order valence-electron chi connectivity index (χ0n) is 9.47. The third-order valence-corrected chi connectivity index (χ3v) is 2.31. The number of ether oxygens (including phenoxy) is 1. The summed E-state index contributed by atoms with van der Waals surface area (Å²) >= 11 is 0. The van der Waals surface area contributed by atoms with E-state index in [-0.39, 0.29) is 17.9 Å². The Morgan fingerprint density at radius 3 is 2.83 bits per heavy atom. The number of anilines is 1. The van der Waals surface area contributed by atoms with Crippen molar-refractivity contribution in [1.82, 2.24) is 4.98 Å². The molecule has 0 aliphatic rings. The lowest BCUT2D eigenvalue weighted by molar-refractivity contribution is 0.0468. The number of carbonyl (C=O) groups is 1. The molecular formula is C13H11FN2O2. The minimum absolute atomic E-state index is 0.0664. The van der Waals surface area contributed by atoms with Crippen LogP contribution in [0.5, 0.6) is 0 Å². The van der Waals surface area contributed by atoms with Crippen molar-refractivity contribution in [2.24, 2.45) is 0 Å². The topological polar surface area (TPSA) is 65.2 Å². The number of aromatic nitrogens is 1. The summed E-state index contributed by atoms with van der Waals surface area (Å²) in [4.78, 5) is 15.7. The quantitative estimate of drug-likeness (QED) is 0.665. The molecule has 1 aromatic carbocycles. The molecule has 0 saturated carbocycles. The molecule has 18 heavy (non-hydrogen) atoms. The molecule has 0 atom stereocenters. The van der Waals surface area contributed by atoms with Crippen molar-refractivity contribution in [3.63, 3.8) is 0 Å². The number of rotatable bonds is 3. The van der Waals surface area contributed by atoms with Crippen LogP contribution >= 0.6 is 0 Å². The van der Waals surface area contributed by atoms with Gasteiger partial charge in [-0.05, 0) is 30.3 Å². The van der Waals surface area contributed by atoms with E-state index in [0.29, 0.717) is 5.69 Å². The van der Waals surface area contributed by atoms with Gasteiger partial charge < -0.3 is 10.5 Å². The number of halogens is 1. The third-order valence-electron chi connectivity index (χ3n) is 2.31. The van der Waals surface area contributed by atoms with Gasteiger partial charge in [-0.15, -0.1) is 0 Å². The number of pyridine rings is 1. The smallest absolute Gasteiger partial charge is 0.338 e. The molecule has 0 unspecified atom stereocenters. The Kier molecular flexibility index (Phi) is 3.52. The second-order valence-electron chi connectivity index (χ2n) is 3.63. The van der Waals surface area contributed by atoms with Crippen LogP contribution in [0.3, 0.4) is 0 Å². The third kappa shape index (κ3) is 2.82. The van der Waals surface area contributed by atoms with Gasteiger partial charge in [-0.3, -0.25) is 4.98 Å². The van der Waals surface area contributed by atoms with E-state index in [1.165, 1.54) is 12.1 Å². The van der Waals surface area contributed by atoms with Crippen LogP contribution in [0.1, 0.15) is 16.1 Å². The van der Waals surface area contributed by atoms with Gasteiger partial charge >= 0.3 is 5.97 Å². The SMILES string of the molecule is Nc1cc(C(=O)OCc2ccccn2)ccc1F. The van der Waals surface area contributed by atoms with Crippen molar-refractivity contribution < 1.29 is 13.9 Å².